The van der Waals surface area contributed by atoms with Gasteiger partial charge in [0.15, 0.2) is 11.5 Å². The van der Waals surface area contributed by atoms with Crippen molar-refractivity contribution < 1.29 is 14.3 Å². The molecule has 20 heavy (non-hydrogen) atoms. The Bertz CT molecular complexity index is 458. The summed E-state index contributed by atoms with van der Waals surface area (Å²) in [5, 5.41) is 5.91. The first kappa shape index (κ1) is 16.3. The Morgan fingerprint density at radius 3 is 2.35 bits per heavy atom. The van der Waals surface area contributed by atoms with Gasteiger partial charge in [0.2, 0.25) is 5.91 Å². The van der Waals surface area contributed by atoms with Crippen molar-refractivity contribution in [1.29, 1.82) is 0 Å². The van der Waals surface area contributed by atoms with E-state index < -0.39 is 5.41 Å². The molecule has 0 spiro atoms. The smallest absolute Gasteiger partial charge is 0.230 e. The van der Waals surface area contributed by atoms with Crippen molar-refractivity contribution in [3.05, 3.63) is 23.8 Å². The fraction of sp³-hybridized carbons (Fsp3) is 0.533. The summed E-state index contributed by atoms with van der Waals surface area (Å²) in [6.07, 6.45) is 0. The van der Waals surface area contributed by atoms with Gasteiger partial charge in [-0.1, -0.05) is 6.07 Å². The van der Waals surface area contributed by atoms with Gasteiger partial charge in [0.1, 0.15) is 0 Å². The Labute approximate surface area is 120 Å². The largest absolute Gasteiger partial charge is 0.493 e. The Morgan fingerprint density at radius 1 is 1.15 bits per heavy atom. The number of likely N-dealkylation sites (N-methyl/N-ethyl adjacent to an activating group) is 1. The molecular weight excluding hydrogens is 256 g/mol. The van der Waals surface area contributed by atoms with Crippen LogP contribution in [0.25, 0.3) is 0 Å². The highest BCUT2D eigenvalue weighted by Gasteiger charge is 2.30. The van der Waals surface area contributed by atoms with Crippen LogP contribution in [0.3, 0.4) is 0 Å². The fourth-order valence-electron chi connectivity index (χ4n) is 1.88. The molecule has 0 saturated heterocycles. The van der Waals surface area contributed by atoms with E-state index in [0.29, 0.717) is 18.0 Å². The standard InChI is InChI=1S/C15H24N2O3/c1-15(2,14(18)17-9-8-16-3)11-6-7-12(19-4)13(10-11)20-5/h6-7,10,16H,8-9H2,1-5H3,(H,17,18). The summed E-state index contributed by atoms with van der Waals surface area (Å²) in [4.78, 5) is 12.3. The predicted octanol–water partition coefficient (Wildman–Crippen LogP) is 1.32. The summed E-state index contributed by atoms with van der Waals surface area (Å²) in [7, 11) is 5.03. The van der Waals surface area contributed by atoms with Crippen molar-refractivity contribution in [1.82, 2.24) is 10.6 Å². The lowest BCUT2D eigenvalue weighted by Gasteiger charge is -2.25. The molecule has 1 aromatic rings. The van der Waals surface area contributed by atoms with Gasteiger partial charge in [-0.2, -0.15) is 0 Å². The van der Waals surface area contributed by atoms with Crippen molar-refractivity contribution in [3.63, 3.8) is 0 Å². The number of carbonyl (C=O) groups excluding carboxylic acids is 1. The molecular formula is C15H24N2O3. The Balaban J connectivity index is 2.93. The van der Waals surface area contributed by atoms with E-state index in [0.717, 1.165) is 12.1 Å². The maximum atomic E-state index is 12.3. The van der Waals surface area contributed by atoms with Gasteiger partial charge < -0.3 is 20.1 Å². The zero-order valence-electron chi connectivity index (χ0n) is 12.9. The number of carbonyl (C=O) groups is 1. The normalized spacial score (nSPS) is 11.1. The van der Waals surface area contributed by atoms with Crippen LogP contribution in [0, 0.1) is 0 Å². The Kier molecular flexibility index (Phi) is 5.82. The summed E-state index contributed by atoms with van der Waals surface area (Å²) in [6.45, 7) is 5.13. The fourth-order valence-corrected chi connectivity index (χ4v) is 1.88. The van der Waals surface area contributed by atoms with Crippen LogP contribution in [0.1, 0.15) is 19.4 Å². The Morgan fingerprint density at radius 2 is 1.80 bits per heavy atom. The van der Waals surface area contributed by atoms with Crippen molar-refractivity contribution in [3.8, 4) is 11.5 Å². The summed E-state index contributed by atoms with van der Waals surface area (Å²) >= 11 is 0. The van der Waals surface area contributed by atoms with Crippen molar-refractivity contribution in [2.45, 2.75) is 19.3 Å². The molecule has 1 amide bonds. The van der Waals surface area contributed by atoms with Gasteiger partial charge in [0.05, 0.1) is 19.6 Å². The predicted molar refractivity (Wildman–Crippen MR) is 79.5 cm³/mol. The third-order valence-corrected chi connectivity index (χ3v) is 3.33. The van der Waals surface area contributed by atoms with Gasteiger partial charge >= 0.3 is 0 Å². The van der Waals surface area contributed by atoms with Crippen molar-refractivity contribution >= 4 is 5.91 Å². The average molecular weight is 280 g/mol. The highest BCUT2D eigenvalue weighted by molar-refractivity contribution is 5.87. The van der Waals surface area contributed by atoms with E-state index >= 15 is 0 Å². The third-order valence-electron chi connectivity index (χ3n) is 3.33. The molecule has 0 radical (unpaired) electrons. The van der Waals surface area contributed by atoms with Gasteiger partial charge in [-0.3, -0.25) is 4.79 Å². The molecule has 0 atom stereocenters. The molecule has 0 unspecified atom stereocenters. The molecule has 1 aromatic carbocycles. The van der Waals surface area contributed by atoms with Crippen LogP contribution in [0.4, 0.5) is 0 Å². The molecule has 2 N–H and O–H groups in total. The van der Waals surface area contributed by atoms with Gasteiger partial charge in [0.25, 0.3) is 0 Å². The molecule has 1 rings (SSSR count). The van der Waals surface area contributed by atoms with Gasteiger partial charge in [0, 0.05) is 13.1 Å². The van der Waals surface area contributed by atoms with Gasteiger partial charge in [-0.15, -0.1) is 0 Å². The van der Waals surface area contributed by atoms with Crippen LogP contribution >= 0.6 is 0 Å². The molecule has 0 saturated carbocycles. The summed E-state index contributed by atoms with van der Waals surface area (Å²) in [6, 6.07) is 5.55. The van der Waals surface area contributed by atoms with Crippen LogP contribution in [-0.4, -0.2) is 40.3 Å². The highest BCUT2D eigenvalue weighted by Crippen LogP contribution is 2.33. The highest BCUT2D eigenvalue weighted by atomic mass is 16.5. The van der Waals surface area contributed by atoms with E-state index in [1.54, 1.807) is 14.2 Å². The lowest BCUT2D eigenvalue weighted by molar-refractivity contribution is -0.125. The third kappa shape index (κ3) is 3.63. The minimum absolute atomic E-state index is 0.0139. The van der Waals surface area contributed by atoms with Crippen LogP contribution in [-0.2, 0) is 10.2 Å². The van der Waals surface area contributed by atoms with E-state index in [1.165, 1.54) is 0 Å². The number of amides is 1. The van der Waals surface area contributed by atoms with E-state index in [9.17, 15) is 4.79 Å². The molecule has 0 aliphatic rings. The summed E-state index contributed by atoms with van der Waals surface area (Å²) in [5.74, 6) is 1.27. The number of hydrogen-bond donors (Lipinski definition) is 2. The number of nitrogens with one attached hydrogen (secondary N) is 2. The summed E-state index contributed by atoms with van der Waals surface area (Å²) < 4.78 is 10.5. The number of hydrogen-bond acceptors (Lipinski definition) is 4. The molecule has 0 heterocycles. The van der Waals surface area contributed by atoms with Crippen molar-refractivity contribution in [2.24, 2.45) is 0 Å². The molecule has 0 aliphatic heterocycles. The van der Waals surface area contributed by atoms with Crippen LogP contribution in [0.2, 0.25) is 0 Å². The maximum Gasteiger partial charge on any atom is 0.230 e. The average Bonchev–Trinajstić information content (AvgIpc) is 2.46. The number of rotatable bonds is 7. The molecule has 5 heteroatoms. The van der Waals surface area contributed by atoms with Gasteiger partial charge in [-0.05, 0) is 38.6 Å². The first-order chi connectivity index (χ1) is 9.47. The van der Waals surface area contributed by atoms with E-state index in [2.05, 4.69) is 10.6 Å². The van der Waals surface area contributed by atoms with Crippen LogP contribution in [0.15, 0.2) is 18.2 Å². The number of benzene rings is 1. The number of ether oxygens (including phenoxy) is 2. The second kappa shape index (κ2) is 7.14. The monoisotopic (exact) mass is 280 g/mol. The van der Waals surface area contributed by atoms with Crippen LogP contribution < -0.4 is 20.1 Å². The minimum atomic E-state index is -0.632. The lowest BCUT2D eigenvalue weighted by atomic mass is 9.83. The minimum Gasteiger partial charge on any atom is -0.493 e. The maximum absolute atomic E-state index is 12.3. The SMILES string of the molecule is CNCCNC(=O)C(C)(C)c1ccc(OC)c(OC)c1. The Hall–Kier alpha value is -1.75. The quantitative estimate of drug-likeness (QED) is 0.740. The molecule has 0 fully saturated rings. The lowest BCUT2D eigenvalue weighted by Crippen LogP contribution is -2.42. The second-order valence-electron chi connectivity index (χ2n) is 5.05. The molecule has 5 nitrogen and oxygen atoms in total. The van der Waals surface area contributed by atoms with E-state index in [4.69, 9.17) is 9.47 Å². The summed E-state index contributed by atoms with van der Waals surface area (Å²) in [5.41, 5.74) is 0.255. The first-order valence-corrected chi connectivity index (χ1v) is 6.62. The molecule has 0 aliphatic carbocycles. The first-order valence-electron chi connectivity index (χ1n) is 6.62. The van der Waals surface area contributed by atoms with Crippen LogP contribution in [0.5, 0.6) is 11.5 Å². The van der Waals surface area contributed by atoms with E-state index in [1.807, 2.05) is 39.1 Å². The van der Waals surface area contributed by atoms with Gasteiger partial charge in [-0.25, -0.2) is 0 Å². The number of methoxy groups -OCH3 is 2. The topological polar surface area (TPSA) is 59.6 Å². The molecule has 0 bridgehead atoms. The second-order valence-corrected chi connectivity index (χ2v) is 5.05. The van der Waals surface area contributed by atoms with E-state index in [-0.39, 0.29) is 5.91 Å². The molecule has 0 aromatic heterocycles. The zero-order chi connectivity index (χ0) is 15.2. The zero-order valence-corrected chi connectivity index (χ0v) is 12.9. The molecule has 112 valence electrons. The van der Waals surface area contributed by atoms with Crippen molar-refractivity contribution in [2.75, 3.05) is 34.4 Å².